The second-order valence-corrected chi connectivity index (χ2v) is 7.20. The molecule has 0 saturated carbocycles. The molecule has 134 valence electrons. The van der Waals surface area contributed by atoms with E-state index in [0.717, 1.165) is 30.9 Å². The van der Waals surface area contributed by atoms with Crippen molar-refractivity contribution in [2.45, 2.75) is 37.7 Å². The molecular formula is C22H29NO2. The van der Waals surface area contributed by atoms with E-state index in [9.17, 15) is 5.11 Å². The molecule has 1 aliphatic heterocycles. The summed E-state index contributed by atoms with van der Waals surface area (Å²) in [4.78, 5) is 2.50. The topological polar surface area (TPSA) is 32.7 Å². The van der Waals surface area contributed by atoms with Gasteiger partial charge >= 0.3 is 0 Å². The molecule has 0 aliphatic carbocycles. The summed E-state index contributed by atoms with van der Waals surface area (Å²) in [5.74, 6) is 0.840. The molecule has 0 bridgehead atoms. The zero-order chi connectivity index (χ0) is 17.7. The molecule has 1 fully saturated rings. The van der Waals surface area contributed by atoms with E-state index in [-0.39, 0.29) is 5.92 Å². The minimum absolute atomic E-state index is 0.0280. The second kappa shape index (κ2) is 8.03. The highest BCUT2D eigenvalue weighted by Crippen LogP contribution is 2.38. The summed E-state index contributed by atoms with van der Waals surface area (Å²) in [7, 11) is 1.66. The van der Waals surface area contributed by atoms with Crippen LogP contribution >= 0.6 is 0 Å². The average Bonchev–Trinajstić information content (AvgIpc) is 2.67. The molecule has 0 unspecified atom stereocenters. The lowest BCUT2D eigenvalue weighted by atomic mass is 9.78. The monoisotopic (exact) mass is 339 g/mol. The van der Waals surface area contributed by atoms with Crippen molar-refractivity contribution in [3.63, 3.8) is 0 Å². The number of nitrogens with zero attached hydrogens (tertiary/aromatic N) is 1. The number of hydrogen-bond acceptors (Lipinski definition) is 3. The third-order valence-corrected chi connectivity index (χ3v) is 5.44. The van der Waals surface area contributed by atoms with E-state index in [1.807, 2.05) is 37.3 Å². The van der Waals surface area contributed by atoms with Crippen LogP contribution in [0.1, 0.15) is 43.2 Å². The van der Waals surface area contributed by atoms with Crippen molar-refractivity contribution in [3.8, 4) is 5.75 Å². The second-order valence-electron chi connectivity index (χ2n) is 7.20. The molecule has 1 aliphatic rings. The van der Waals surface area contributed by atoms with E-state index >= 15 is 0 Å². The SMILES string of the molecule is COc1ccc([C@](C)(O)[C@H](CN2CCCCC2)c2ccccc2)cc1. The predicted octanol–water partition coefficient (Wildman–Crippen LogP) is 4.17. The van der Waals surface area contributed by atoms with Gasteiger partial charge in [-0.15, -0.1) is 0 Å². The molecule has 3 nitrogen and oxygen atoms in total. The van der Waals surface area contributed by atoms with Crippen LogP contribution in [-0.2, 0) is 5.60 Å². The Morgan fingerprint density at radius 1 is 1.00 bits per heavy atom. The number of likely N-dealkylation sites (tertiary alicyclic amines) is 1. The van der Waals surface area contributed by atoms with Crippen LogP contribution in [0.25, 0.3) is 0 Å². The molecule has 2 aromatic carbocycles. The van der Waals surface area contributed by atoms with Gasteiger partial charge in [0.05, 0.1) is 12.7 Å². The Morgan fingerprint density at radius 3 is 2.24 bits per heavy atom. The Balaban J connectivity index is 1.90. The van der Waals surface area contributed by atoms with E-state index in [2.05, 4.69) is 29.2 Å². The first-order chi connectivity index (χ1) is 12.1. The van der Waals surface area contributed by atoms with E-state index in [0.29, 0.717) is 0 Å². The number of piperidine rings is 1. The molecule has 2 atom stereocenters. The molecular weight excluding hydrogens is 310 g/mol. The van der Waals surface area contributed by atoms with Gasteiger partial charge in [0.2, 0.25) is 0 Å². The Morgan fingerprint density at radius 2 is 1.64 bits per heavy atom. The van der Waals surface area contributed by atoms with Gasteiger partial charge in [-0.3, -0.25) is 0 Å². The van der Waals surface area contributed by atoms with Crippen molar-refractivity contribution >= 4 is 0 Å². The molecule has 1 saturated heterocycles. The zero-order valence-corrected chi connectivity index (χ0v) is 15.3. The number of methoxy groups -OCH3 is 1. The van der Waals surface area contributed by atoms with Crippen LogP contribution in [0, 0.1) is 0 Å². The lowest BCUT2D eigenvalue weighted by Gasteiger charge is -2.38. The third kappa shape index (κ3) is 4.23. The van der Waals surface area contributed by atoms with Gasteiger partial charge in [-0.2, -0.15) is 0 Å². The molecule has 2 aromatic rings. The highest BCUT2D eigenvalue weighted by Gasteiger charge is 2.36. The van der Waals surface area contributed by atoms with Crippen molar-refractivity contribution < 1.29 is 9.84 Å². The fourth-order valence-electron chi connectivity index (χ4n) is 3.82. The molecule has 0 spiro atoms. The highest BCUT2D eigenvalue weighted by molar-refractivity contribution is 5.35. The van der Waals surface area contributed by atoms with Gasteiger partial charge in [0.25, 0.3) is 0 Å². The summed E-state index contributed by atoms with van der Waals surface area (Å²) in [5, 5.41) is 11.5. The first-order valence-corrected chi connectivity index (χ1v) is 9.25. The lowest BCUT2D eigenvalue weighted by molar-refractivity contribution is 0.0107. The molecule has 25 heavy (non-hydrogen) atoms. The third-order valence-electron chi connectivity index (χ3n) is 5.44. The van der Waals surface area contributed by atoms with E-state index in [1.165, 1.54) is 24.8 Å². The van der Waals surface area contributed by atoms with Crippen LogP contribution in [-0.4, -0.2) is 36.8 Å². The standard InChI is InChI=1S/C22H29NO2/c1-22(24,19-11-13-20(25-2)14-12-19)21(18-9-5-3-6-10-18)17-23-15-7-4-8-16-23/h3,5-6,9-14,21,24H,4,7-8,15-17H2,1-2H3/t21-,22+/m1/s1. The van der Waals surface area contributed by atoms with Gasteiger partial charge in [-0.1, -0.05) is 48.9 Å². The van der Waals surface area contributed by atoms with Crippen LogP contribution in [0.2, 0.25) is 0 Å². The van der Waals surface area contributed by atoms with Gasteiger partial charge in [0.1, 0.15) is 5.75 Å². The molecule has 3 heteroatoms. The Kier molecular flexibility index (Phi) is 5.77. The van der Waals surface area contributed by atoms with Crippen LogP contribution in [0.4, 0.5) is 0 Å². The van der Waals surface area contributed by atoms with Crippen molar-refractivity contribution in [2.24, 2.45) is 0 Å². The van der Waals surface area contributed by atoms with Gasteiger partial charge in [-0.05, 0) is 56.1 Å². The molecule has 0 amide bonds. The molecule has 1 N–H and O–H groups in total. The maximum Gasteiger partial charge on any atom is 0.118 e. The number of hydrogen-bond donors (Lipinski definition) is 1. The van der Waals surface area contributed by atoms with Crippen molar-refractivity contribution in [3.05, 3.63) is 65.7 Å². The zero-order valence-electron chi connectivity index (χ0n) is 15.3. The van der Waals surface area contributed by atoms with Gasteiger partial charge < -0.3 is 14.7 Å². The summed E-state index contributed by atoms with van der Waals surface area (Å²) in [6.45, 7) is 5.07. The molecule has 1 heterocycles. The summed E-state index contributed by atoms with van der Waals surface area (Å²) < 4.78 is 5.26. The highest BCUT2D eigenvalue weighted by atomic mass is 16.5. The van der Waals surface area contributed by atoms with Crippen molar-refractivity contribution in [2.75, 3.05) is 26.7 Å². The fraction of sp³-hybridized carbons (Fsp3) is 0.455. The molecule has 0 radical (unpaired) electrons. The summed E-state index contributed by atoms with van der Waals surface area (Å²) in [6.07, 6.45) is 3.83. The molecule has 0 aromatic heterocycles. The van der Waals surface area contributed by atoms with Gasteiger partial charge in [0.15, 0.2) is 0 Å². The normalized spacial score (nSPS) is 19.2. The van der Waals surface area contributed by atoms with Crippen molar-refractivity contribution in [1.29, 1.82) is 0 Å². The van der Waals surface area contributed by atoms with Gasteiger partial charge in [0, 0.05) is 12.5 Å². The minimum atomic E-state index is -0.939. The van der Waals surface area contributed by atoms with E-state index < -0.39 is 5.60 Å². The average molecular weight is 339 g/mol. The van der Waals surface area contributed by atoms with Crippen LogP contribution < -0.4 is 4.74 Å². The van der Waals surface area contributed by atoms with Crippen LogP contribution in [0.15, 0.2) is 54.6 Å². The largest absolute Gasteiger partial charge is 0.497 e. The van der Waals surface area contributed by atoms with Gasteiger partial charge in [-0.25, -0.2) is 0 Å². The summed E-state index contributed by atoms with van der Waals surface area (Å²) in [5.41, 5.74) is 1.18. The Labute approximate surface area is 151 Å². The Bertz CT molecular complexity index is 645. The minimum Gasteiger partial charge on any atom is -0.497 e. The lowest BCUT2D eigenvalue weighted by Crippen LogP contribution is -2.41. The van der Waals surface area contributed by atoms with Crippen molar-refractivity contribution in [1.82, 2.24) is 4.90 Å². The summed E-state index contributed by atoms with van der Waals surface area (Å²) >= 11 is 0. The maximum absolute atomic E-state index is 11.5. The van der Waals surface area contributed by atoms with E-state index in [4.69, 9.17) is 4.74 Å². The van der Waals surface area contributed by atoms with Crippen LogP contribution in [0.3, 0.4) is 0 Å². The molecule has 3 rings (SSSR count). The smallest absolute Gasteiger partial charge is 0.118 e. The fourth-order valence-corrected chi connectivity index (χ4v) is 3.82. The Hall–Kier alpha value is -1.84. The van der Waals surface area contributed by atoms with Crippen LogP contribution in [0.5, 0.6) is 5.75 Å². The first kappa shape index (κ1) is 18.0. The number of aliphatic hydroxyl groups is 1. The predicted molar refractivity (Wildman–Crippen MR) is 102 cm³/mol. The first-order valence-electron chi connectivity index (χ1n) is 9.25. The maximum atomic E-state index is 11.5. The summed E-state index contributed by atoms with van der Waals surface area (Å²) in [6, 6.07) is 18.2. The van der Waals surface area contributed by atoms with E-state index in [1.54, 1.807) is 7.11 Å². The number of rotatable bonds is 6. The number of benzene rings is 2. The number of ether oxygens (including phenoxy) is 1. The quantitative estimate of drug-likeness (QED) is 0.857.